The van der Waals surface area contributed by atoms with Crippen molar-refractivity contribution in [3.8, 4) is 11.4 Å². The minimum absolute atomic E-state index is 0.0407. The average Bonchev–Trinajstić information content (AvgIpc) is 3.41. The fourth-order valence-electron chi connectivity index (χ4n) is 4.93. The van der Waals surface area contributed by atoms with Gasteiger partial charge in [0.2, 0.25) is 9.84 Å². The van der Waals surface area contributed by atoms with Crippen molar-refractivity contribution < 1.29 is 17.9 Å². The van der Waals surface area contributed by atoms with Gasteiger partial charge in [0.05, 0.1) is 51.1 Å². The monoisotopic (exact) mass is 578 g/mol. The number of aryl methyl sites for hydroxylation is 1. The molecule has 0 aliphatic carbocycles. The first kappa shape index (κ1) is 26.8. The Kier molecular flexibility index (Phi) is 6.51. The van der Waals surface area contributed by atoms with E-state index in [0.717, 1.165) is 5.39 Å². The lowest BCUT2D eigenvalue weighted by molar-refractivity contribution is 0.100. The predicted octanol–water partition coefficient (Wildman–Crippen LogP) is 5.15. The number of nitrogen functional groups attached to an aromatic ring is 1. The number of nitrogens with two attached hydrogens (primary N) is 2. The molecular weight excluding hydrogens is 552 g/mol. The number of nitrogens with zero attached hydrogens (tertiary/aromatic N) is 3. The highest BCUT2D eigenvalue weighted by Gasteiger charge is 2.23. The molecule has 210 valence electrons. The smallest absolute Gasteiger partial charge is 0.252 e. The van der Waals surface area contributed by atoms with E-state index in [4.69, 9.17) is 16.2 Å². The number of amides is 1. The number of sulfone groups is 1. The van der Waals surface area contributed by atoms with E-state index in [0.29, 0.717) is 50.5 Å². The molecule has 11 heteroatoms. The molecule has 0 unspecified atom stereocenters. The van der Waals surface area contributed by atoms with Crippen LogP contribution in [0.4, 0.5) is 17.1 Å². The van der Waals surface area contributed by atoms with Gasteiger partial charge in [0.15, 0.2) is 0 Å². The Morgan fingerprint density at radius 3 is 2.52 bits per heavy atom. The SMILES string of the molecule is COc1cccc(Nc2c(C(N)=O)cnc3c(C)cc(S(=O)(=O)c4ccc5cnn(-c6cccc(N)c6)c5c4)cc23)c1. The lowest BCUT2D eigenvalue weighted by atomic mass is 10.1. The zero-order valence-electron chi connectivity index (χ0n) is 22.7. The standard InChI is InChI=1S/C31H26N6O4S/c1-18-11-25(14-26-29(18)34-17-27(31(33)38)30(26)36-21-6-4-8-23(13-21)41-2)42(39,40)24-10-9-19-16-35-37(28(19)15-24)22-7-3-5-20(32)12-22/h3-17H,32H2,1-2H3,(H2,33,38)(H,34,36). The Labute approximate surface area is 241 Å². The Hall–Kier alpha value is -5.42. The first-order valence-corrected chi connectivity index (χ1v) is 14.4. The summed E-state index contributed by atoms with van der Waals surface area (Å²) in [5, 5.41) is 8.87. The summed E-state index contributed by atoms with van der Waals surface area (Å²) in [5.41, 5.74) is 15.8. The van der Waals surface area contributed by atoms with Crippen molar-refractivity contribution in [2.24, 2.45) is 5.73 Å². The third-order valence-corrected chi connectivity index (χ3v) is 8.75. The van der Waals surface area contributed by atoms with Crippen molar-refractivity contribution in [2.75, 3.05) is 18.2 Å². The van der Waals surface area contributed by atoms with Crippen molar-refractivity contribution in [1.82, 2.24) is 14.8 Å². The molecule has 0 aliphatic rings. The van der Waals surface area contributed by atoms with E-state index in [-0.39, 0.29) is 15.4 Å². The van der Waals surface area contributed by atoms with Gasteiger partial charge >= 0.3 is 0 Å². The lowest BCUT2D eigenvalue weighted by Gasteiger charge is -2.16. The van der Waals surface area contributed by atoms with Crippen LogP contribution in [0.5, 0.6) is 5.75 Å². The topological polar surface area (TPSA) is 155 Å². The van der Waals surface area contributed by atoms with E-state index in [9.17, 15) is 13.2 Å². The number of carbonyl (C=O) groups excluding carboxylic acids is 1. The molecule has 0 saturated heterocycles. The fourth-order valence-corrected chi connectivity index (χ4v) is 6.32. The van der Waals surface area contributed by atoms with Crippen LogP contribution in [0.3, 0.4) is 0 Å². The van der Waals surface area contributed by atoms with Crippen LogP contribution in [0.25, 0.3) is 27.5 Å². The van der Waals surface area contributed by atoms with E-state index in [1.54, 1.807) is 85.6 Å². The summed E-state index contributed by atoms with van der Waals surface area (Å²) in [6.45, 7) is 1.77. The second-order valence-corrected chi connectivity index (χ2v) is 11.7. The van der Waals surface area contributed by atoms with E-state index < -0.39 is 15.7 Å². The minimum atomic E-state index is -4.02. The number of pyridine rings is 1. The maximum atomic E-state index is 14.1. The highest BCUT2D eigenvalue weighted by Crippen LogP contribution is 2.35. The van der Waals surface area contributed by atoms with Gasteiger partial charge in [0, 0.05) is 34.4 Å². The van der Waals surface area contributed by atoms with E-state index >= 15 is 0 Å². The number of rotatable bonds is 7. The summed E-state index contributed by atoms with van der Waals surface area (Å²) < 4.78 is 35.1. The molecule has 6 aromatic rings. The summed E-state index contributed by atoms with van der Waals surface area (Å²) in [4.78, 5) is 17.0. The van der Waals surface area contributed by atoms with Crippen molar-refractivity contribution in [2.45, 2.75) is 16.7 Å². The Balaban J connectivity index is 1.52. The largest absolute Gasteiger partial charge is 0.497 e. The maximum Gasteiger partial charge on any atom is 0.252 e. The molecule has 10 nitrogen and oxygen atoms in total. The number of methoxy groups -OCH3 is 1. The normalized spacial score (nSPS) is 11.6. The molecular formula is C31H26N6O4S. The molecule has 0 spiro atoms. The van der Waals surface area contributed by atoms with Crippen molar-refractivity contribution in [3.05, 3.63) is 102 Å². The summed E-state index contributed by atoms with van der Waals surface area (Å²) in [5.74, 6) is -0.104. The Bertz CT molecular complexity index is 2140. The highest BCUT2D eigenvalue weighted by molar-refractivity contribution is 7.91. The van der Waals surface area contributed by atoms with Gasteiger partial charge in [-0.05, 0) is 73.2 Å². The third kappa shape index (κ3) is 4.65. The third-order valence-electron chi connectivity index (χ3n) is 7.02. The number of benzene rings is 4. The molecule has 0 saturated carbocycles. The first-order chi connectivity index (χ1) is 20.2. The molecule has 0 bridgehead atoms. The number of fused-ring (bicyclic) bond motifs is 2. The number of ether oxygens (including phenoxy) is 1. The molecule has 1 amide bonds. The zero-order chi connectivity index (χ0) is 29.6. The van der Waals surface area contributed by atoms with Crippen LogP contribution < -0.4 is 21.5 Å². The van der Waals surface area contributed by atoms with E-state index in [1.165, 1.54) is 12.3 Å². The van der Waals surface area contributed by atoms with Gasteiger partial charge in [-0.3, -0.25) is 9.78 Å². The Morgan fingerprint density at radius 1 is 0.952 bits per heavy atom. The van der Waals surface area contributed by atoms with Crippen LogP contribution in [0.15, 0.2) is 101 Å². The van der Waals surface area contributed by atoms with Gasteiger partial charge in [0.25, 0.3) is 5.91 Å². The Morgan fingerprint density at radius 2 is 1.76 bits per heavy atom. The van der Waals surface area contributed by atoms with Gasteiger partial charge in [-0.15, -0.1) is 0 Å². The number of aromatic nitrogens is 3. The maximum absolute atomic E-state index is 14.1. The molecule has 0 radical (unpaired) electrons. The average molecular weight is 579 g/mol. The molecule has 2 heterocycles. The van der Waals surface area contributed by atoms with Crippen molar-refractivity contribution in [1.29, 1.82) is 0 Å². The molecule has 2 aromatic heterocycles. The molecule has 5 N–H and O–H groups in total. The van der Waals surface area contributed by atoms with Crippen LogP contribution in [-0.4, -0.2) is 36.2 Å². The molecule has 0 aliphatic heterocycles. The number of hydrogen-bond acceptors (Lipinski definition) is 8. The number of carbonyl (C=O) groups is 1. The second-order valence-electron chi connectivity index (χ2n) is 9.78. The summed E-state index contributed by atoms with van der Waals surface area (Å²) in [7, 11) is -2.47. The van der Waals surface area contributed by atoms with Crippen LogP contribution in [0.1, 0.15) is 15.9 Å². The molecule has 42 heavy (non-hydrogen) atoms. The second kappa shape index (κ2) is 10.2. The number of hydrogen-bond donors (Lipinski definition) is 3. The first-order valence-electron chi connectivity index (χ1n) is 12.9. The van der Waals surface area contributed by atoms with Gasteiger partial charge in [-0.1, -0.05) is 12.1 Å². The van der Waals surface area contributed by atoms with Crippen molar-refractivity contribution in [3.63, 3.8) is 0 Å². The van der Waals surface area contributed by atoms with Crippen LogP contribution in [-0.2, 0) is 9.84 Å². The van der Waals surface area contributed by atoms with Gasteiger partial charge in [-0.25, -0.2) is 13.1 Å². The molecule has 4 aromatic carbocycles. The van der Waals surface area contributed by atoms with Crippen molar-refractivity contribution >= 4 is 54.6 Å². The van der Waals surface area contributed by atoms with E-state index in [2.05, 4.69) is 15.4 Å². The zero-order valence-corrected chi connectivity index (χ0v) is 23.5. The van der Waals surface area contributed by atoms with Gasteiger partial charge in [-0.2, -0.15) is 5.10 Å². The number of nitrogens with one attached hydrogen (secondary N) is 1. The van der Waals surface area contributed by atoms with E-state index in [1.807, 2.05) is 12.1 Å². The number of primary amides is 1. The number of anilines is 3. The van der Waals surface area contributed by atoms with Crippen LogP contribution in [0.2, 0.25) is 0 Å². The van der Waals surface area contributed by atoms with Crippen LogP contribution >= 0.6 is 0 Å². The lowest BCUT2D eigenvalue weighted by Crippen LogP contribution is -2.14. The predicted molar refractivity (Wildman–Crippen MR) is 162 cm³/mol. The van der Waals surface area contributed by atoms with Gasteiger partial charge in [0.1, 0.15) is 5.75 Å². The van der Waals surface area contributed by atoms with Crippen LogP contribution in [0, 0.1) is 6.92 Å². The quantitative estimate of drug-likeness (QED) is 0.220. The highest BCUT2D eigenvalue weighted by atomic mass is 32.2. The minimum Gasteiger partial charge on any atom is -0.497 e. The summed E-state index contributed by atoms with van der Waals surface area (Å²) in [6.07, 6.45) is 3.06. The molecule has 6 rings (SSSR count). The van der Waals surface area contributed by atoms with Gasteiger partial charge < -0.3 is 21.5 Å². The fraction of sp³-hybridized carbons (Fsp3) is 0.0645. The summed E-state index contributed by atoms with van der Waals surface area (Å²) >= 11 is 0. The summed E-state index contributed by atoms with van der Waals surface area (Å²) in [6, 6.07) is 22.3. The molecule has 0 fully saturated rings. The molecule has 0 atom stereocenters.